The number of H-pyrrole nitrogens is 1. The first kappa shape index (κ1) is 19.4. The molecule has 140 valence electrons. The lowest BCUT2D eigenvalue weighted by molar-refractivity contribution is 0.290. The van der Waals surface area contributed by atoms with Gasteiger partial charge in [0.05, 0.1) is 6.54 Å². The summed E-state index contributed by atoms with van der Waals surface area (Å²) >= 11 is 0. The highest BCUT2D eigenvalue weighted by Crippen LogP contribution is 2.08. The fourth-order valence-corrected chi connectivity index (χ4v) is 2.84. The van der Waals surface area contributed by atoms with E-state index in [0.29, 0.717) is 36.1 Å². The minimum Gasteiger partial charge on any atom is -0.335 e. The minimum absolute atomic E-state index is 0.281. The first-order valence-electron chi connectivity index (χ1n) is 8.72. The Hall–Kier alpha value is -1.93. The van der Waals surface area contributed by atoms with E-state index >= 15 is 0 Å². The van der Waals surface area contributed by atoms with Crippen LogP contribution in [0.3, 0.4) is 0 Å². The Balaban J connectivity index is 2.23. The Morgan fingerprint density at radius 1 is 1.16 bits per heavy atom. The number of rotatable bonds is 8. The average Bonchev–Trinajstić information content (AvgIpc) is 2.95. The Bertz CT molecular complexity index is 830. The molecule has 0 radical (unpaired) electrons. The van der Waals surface area contributed by atoms with E-state index in [1.165, 1.54) is 9.13 Å². The molecule has 2 aromatic rings. The zero-order valence-electron chi connectivity index (χ0n) is 16.2. The molecule has 8 heteroatoms. The maximum atomic E-state index is 12.7. The average molecular weight is 350 g/mol. The Morgan fingerprint density at radius 2 is 1.84 bits per heavy atom. The quantitative estimate of drug-likeness (QED) is 0.706. The van der Waals surface area contributed by atoms with Crippen LogP contribution in [-0.4, -0.2) is 63.1 Å². The fourth-order valence-electron chi connectivity index (χ4n) is 2.84. The molecule has 1 atom stereocenters. The number of aromatic amines is 1. The monoisotopic (exact) mass is 350 g/mol. The summed E-state index contributed by atoms with van der Waals surface area (Å²) < 4.78 is 2.77. The normalized spacial score (nSPS) is 13.3. The van der Waals surface area contributed by atoms with Gasteiger partial charge in [-0.15, -0.1) is 0 Å². The van der Waals surface area contributed by atoms with Gasteiger partial charge in [0.15, 0.2) is 5.65 Å². The molecule has 25 heavy (non-hydrogen) atoms. The molecule has 2 heterocycles. The zero-order valence-corrected chi connectivity index (χ0v) is 16.2. The summed E-state index contributed by atoms with van der Waals surface area (Å²) in [5.74, 6) is 0.685. The van der Waals surface area contributed by atoms with Crippen molar-refractivity contribution in [3.63, 3.8) is 0 Å². The molecule has 0 saturated carbocycles. The third-order valence-corrected chi connectivity index (χ3v) is 4.63. The van der Waals surface area contributed by atoms with Gasteiger partial charge in [-0.05, 0) is 48.0 Å². The van der Waals surface area contributed by atoms with Gasteiger partial charge in [0, 0.05) is 19.6 Å². The second-order valence-corrected chi connectivity index (χ2v) is 7.23. The number of nitrogens with zero attached hydrogens (tertiary/aromatic N) is 5. The van der Waals surface area contributed by atoms with E-state index in [1.807, 2.05) is 19.0 Å². The van der Waals surface area contributed by atoms with E-state index in [9.17, 15) is 9.59 Å². The van der Waals surface area contributed by atoms with Crippen LogP contribution in [0.1, 0.15) is 32.0 Å². The van der Waals surface area contributed by atoms with E-state index < -0.39 is 0 Å². The first-order valence-corrected chi connectivity index (χ1v) is 8.72. The van der Waals surface area contributed by atoms with Gasteiger partial charge >= 0.3 is 5.69 Å². The first-order chi connectivity index (χ1) is 11.7. The Morgan fingerprint density at radius 3 is 2.44 bits per heavy atom. The molecule has 0 spiro atoms. The molecule has 0 saturated heterocycles. The molecule has 0 aliphatic heterocycles. The highest BCUT2D eigenvalue weighted by atomic mass is 16.2. The summed E-state index contributed by atoms with van der Waals surface area (Å²) in [5.41, 5.74) is 0.238. The summed E-state index contributed by atoms with van der Waals surface area (Å²) in [5, 5.41) is 0. The summed E-state index contributed by atoms with van der Waals surface area (Å²) in [4.78, 5) is 36.8. The Labute approximate surface area is 148 Å². The van der Waals surface area contributed by atoms with Crippen molar-refractivity contribution in [1.29, 1.82) is 0 Å². The predicted molar refractivity (Wildman–Crippen MR) is 100.0 cm³/mol. The summed E-state index contributed by atoms with van der Waals surface area (Å²) in [7, 11) is 9.64. The van der Waals surface area contributed by atoms with E-state index in [1.54, 1.807) is 7.05 Å². The number of nitrogens with one attached hydrogen (secondary N) is 1. The maximum Gasteiger partial charge on any atom is 0.332 e. The number of fused-ring (bicyclic) bond motifs is 1. The van der Waals surface area contributed by atoms with Crippen molar-refractivity contribution in [2.75, 3.05) is 28.2 Å². The van der Waals surface area contributed by atoms with Gasteiger partial charge in [0.25, 0.3) is 5.56 Å². The largest absolute Gasteiger partial charge is 0.335 e. The lowest BCUT2D eigenvalue weighted by Gasteiger charge is -2.19. The van der Waals surface area contributed by atoms with Gasteiger partial charge in [-0.2, -0.15) is 0 Å². The molecule has 0 aliphatic rings. The lowest BCUT2D eigenvalue weighted by atomic mass is 10.1. The second kappa shape index (κ2) is 7.97. The number of unbranched alkanes of at least 4 members (excludes halogenated alkanes) is 1. The van der Waals surface area contributed by atoms with Crippen molar-refractivity contribution in [1.82, 2.24) is 28.9 Å². The number of hydrogen-bond acceptors (Lipinski definition) is 5. The van der Waals surface area contributed by atoms with Crippen molar-refractivity contribution >= 4 is 11.2 Å². The molecule has 1 N–H and O–H groups in total. The maximum absolute atomic E-state index is 12.7. The number of aryl methyl sites for hydroxylation is 1. The zero-order chi connectivity index (χ0) is 18.7. The smallest absolute Gasteiger partial charge is 0.332 e. The highest BCUT2D eigenvalue weighted by molar-refractivity contribution is 5.69. The summed E-state index contributed by atoms with van der Waals surface area (Å²) in [6, 6.07) is 0.489. The molecule has 0 fully saturated rings. The molecule has 0 aliphatic carbocycles. The molecule has 0 unspecified atom stereocenters. The molecule has 0 amide bonds. The van der Waals surface area contributed by atoms with Crippen LogP contribution >= 0.6 is 0 Å². The second-order valence-electron chi connectivity index (χ2n) is 7.23. The van der Waals surface area contributed by atoms with Gasteiger partial charge < -0.3 is 14.8 Å². The van der Waals surface area contributed by atoms with E-state index in [2.05, 4.69) is 35.9 Å². The van der Waals surface area contributed by atoms with Crippen LogP contribution in [0.4, 0.5) is 0 Å². The number of aromatic nitrogens is 4. The van der Waals surface area contributed by atoms with Crippen LogP contribution in [0, 0.1) is 0 Å². The fraction of sp³-hybridized carbons (Fsp3) is 0.706. The Kier molecular flexibility index (Phi) is 6.18. The number of hydrogen-bond donors (Lipinski definition) is 1. The van der Waals surface area contributed by atoms with E-state index in [-0.39, 0.29) is 11.2 Å². The SMILES string of the molecule is C[C@@H](CCCCn1c(=O)c2[nH]c(CN(C)C)nc2n(C)c1=O)N(C)C. The molecular formula is C17H30N6O2. The van der Waals surface area contributed by atoms with Crippen molar-refractivity contribution < 1.29 is 0 Å². The van der Waals surface area contributed by atoms with Crippen molar-refractivity contribution in [3.05, 3.63) is 26.7 Å². The minimum atomic E-state index is -0.305. The van der Waals surface area contributed by atoms with Gasteiger partial charge in [-0.1, -0.05) is 6.42 Å². The molecule has 0 bridgehead atoms. The van der Waals surface area contributed by atoms with E-state index in [0.717, 1.165) is 19.3 Å². The van der Waals surface area contributed by atoms with Gasteiger partial charge in [-0.25, -0.2) is 9.78 Å². The molecule has 0 aromatic carbocycles. The standard InChI is InChI=1S/C17H30N6O2/c1-12(21(4)5)9-7-8-10-23-16(24)14-15(22(6)17(23)25)19-13(18-14)11-20(2)3/h12H,7-11H2,1-6H3,(H,18,19)/t12-/m0/s1. The van der Waals surface area contributed by atoms with E-state index in [4.69, 9.17) is 0 Å². The van der Waals surface area contributed by atoms with Crippen molar-refractivity contribution in [2.24, 2.45) is 7.05 Å². The third kappa shape index (κ3) is 4.38. The highest BCUT2D eigenvalue weighted by Gasteiger charge is 2.15. The summed E-state index contributed by atoms with van der Waals surface area (Å²) in [6.07, 6.45) is 2.82. The van der Waals surface area contributed by atoms with Crippen molar-refractivity contribution in [3.8, 4) is 0 Å². The number of imidazole rings is 1. The van der Waals surface area contributed by atoms with Gasteiger partial charge in [0.2, 0.25) is 0 Å². The van der Waals surface area contributed by atoms with Crippen LogP contribution in [0.15, 0.2) is 9.59 Å². The van der Waals surface area contributed by atoms with Crippen LogP contribution in [0.2, 0.25) is 0 Å². The third-order valence-electron chi connectivity index (χ3n) is 4.63. The van der Waals surface area contributed by atoms with Gasteiger partial charge in [0.1, 0.15) is 11.3 Å². The molecule has 8 nitrogen and oxygen atoms in total. The topological polar surface area (TPSA) is 79.2 Å². The van der Waals surface area contributed by atoms with Crippen molar-refractivity contribution in [2.45, 2.75) is 45.3 Å². The summed E-state index contributed by atoms with van der Waals surface area (Å²) in [6.45, 7) is 3.20. The van der Waals surface area contributed by atoms with Crippen LogP contribution < -0.4 is 11.2 Å². The van der Waals surface area contributed by atoms with Gasteiger partial charge in [-0.3, -0.25) is 13.9 Å². The van der Waals surface area contributed by atoms with Crippen LogP contribution in [0.25, 0.3) is 11.2 Å². The molecule has 2 rings (SSSR count). The molecule has 2 aromatic heterocycles. The molecular weight excluding hydrogens is 320 g/mol. The lowest BCUT2D eigenvalue weighted by Crippen LogP contribution is -2.39. The van der Waals surface area contributed by atoms with Crippen LogP contribution in [-0.2, 0) is 20.1 Å². The van der Waals surface area contributed by atoms with Crippen LogP contribution in [0.5, 0.6) is 0 Å². The predicted octanol–water partition coefficient (Wildman–Crippen LogP) is 0.605.